The third-order valence-corrected chi connectivity index (χ3v) is 3.93. The molecule has 1 aliphatic rings. The zero-order valence-corrected chi connectivity index (χ0v) is 14.5. The molecule has 0 spiro atoms. The number of hydrogen-bond acceptors (Lipinski definition) is 4. The lowest BCUT2D eigenvalue weighted by Gasteiger charge is -2.16. The first-order valence-electron chi connectivity index (χ1n) is 8.09. The van der Waals surface area contributed by atoms with Gasteiger partial charge in [-0.15, -0.1) is 12.2 Å². The van der Waals surface area contributed by atoms with Crippen LogP contribution in [0.5, 0.6) is 5.75 Å². The van der Waals surface area contributed by atoms with E-state index in [4.69, 9.17) is 19.2 Å². The number of benzene rings is 1. The molecule has 0 bridgehead atoms. The predicted molar refractivity (Wildman–Crippen MR) is 91.8 cm³/mol. The molecule has 26 heavy (non-hydrogen) atoms. The lowest BCUT2D eigenvalue weighted by molar-refractivity contribution is -0.647. The highest BCUT2D eigenvalue weighted by atomic mass is 16.5. The van der Waals surface area contributed by atoms with Crippen molar-refractivity contribution in [3.8, 4) is 11.8 Å². The van der Waals surface area contributed by atoms with E-state index < -0.39 is 5.97 Å². The van der Waals surface area contributed by atoms with Crippen LogP contribution in [-0.4, -0.2) is 13.1 Å². The smallest absolute Gasteiger partial charge is 0.435 e. The molecule has 0 radical (unpaired) electrons. The number of nitriles is 1. The molecule has 3 rings (SSSR count). The summed E-state index contributed by atoms with van der Waals surface area (Å²) in [5.74, 6) is 0.562. The molecule has 1 unspecified atom stereocenters. The lowest BCUT2D eigenvalue weighted by Crippen LogP contribution is -2.36. The highest BCUT2D eigenvalue weighted by molar-refractivity contribution is 5.89. The average molecular weight is 350 g/mol. The summed E-state index contributed by atoms with van der Waals surface area (Å²) >= 11 is 0. The number of hydrogen-bond donors (Lipinski definition) is 0. The molecule has 6 nitrogen and oxygen atoms in total. The van der Waals surface area contributed by atoms with Gasteiger partial charge in [0, 0.05) is 6.07 Å². The Morgan fingerprint density at radius 3 is 2.88 bits per heavy atom. The van der Waals surface area contributed by atoms with Gasteiger partial charge in [0.25, 0.3) is 0 Å². The maximum absolute atomic E-state index is 11.6. The zero-order chi connectivity index (χ0) is 18.5. The summed E-state index contributed by atoms with van der Waals surface area (Å²) in [4.78, 5) is 11.6. The van der Waals surface area contributed by atoms with Gasteiger partial charge in [-0.05, 0) is 31.0 Å². The number of carbonyl (C=O) groups excluding carboxylic acids is 1. The van der Waals surface area contributed by atoms with Gasteiger partial charge in [-0.2, -0.15) is 12.2 Å². The summed E-state index contributed by atoms with van der Waals surface area (Å²) in [7, 11) is 1.34. The Labute approximate surface area is 151 Å². The second kappa shape index (κ2) is 7.62. The van der Waals surface area contributed by atoms with Crippen LogP contribution in [-0.2, 0) is 4.74 Å². The third-order valence-electron chi connectivity index (χ3n) is 3.93. The van der Waals surface area contributed by atoms with Crippen molar-refractivity contribution >= 4 is 5.97 Å². The number of ether oxygens (including phenoxy) is 2. The normalized spacial score (nSPS) is 14.7. The standard InChI is InChI=1S/C20H18N2O4/c1-14(26-18-5-3-4-16(10-18)20(23)24-2)19-12-22(13-25-19)17-8-6-15(11-21)7-9-17/h3-10,12-15H,1-2H3. The molecule has 1 aliphatic carbocycles. The lowest BCUT2D eigenvalue weighted by atomic mass is 10.0. The average Bonchev–Trinajstić information content (AvgIpc) is 3.18. The molecular weight excluding hydrogens is 332 g/mol. The van der Waals surface area contributed by atoms with Gasteiger partial charge >= 0.3 is 18.1 Å². The molecule has 0 fully saturated rings. The number of esters is 1. The number of rotatable bonds is 5. The fourth-order valence-electron chi connectivity index (χ4n) is 2.51. The van der Waals surface area contributed by atoms with E-state index in [1.807, 2.05) is 42.0 Å². The minimum absolute atomic E-state index is 0.199. The van der Waals surface area contributed by atoms with Gasteiger partial charge in [0.15, 0.2) is 12.3 Å². The summed E-state index contributed by atoms with van der Waals surface area (Å²) in [5.41, 5.74) is 0.423. The van der Waals surface area contributed by atoms with Gasteiger partial charge in [-0.1, -0.05) is 6.07 Å². The highest BCUT2D eigenvalue weighted by Gasteiger charge is 2.23. The Bertz CT molecular complexity index is 877. The van der Waals surface area contributed by atoms with Crippen molar-refractivity contribution in [3.05, 3.63) is 78.5 Å². The molecule has 0 amide bonds. The first-order valence-corrected chi connectivity index (χ1v) is 8.09. The van der Waals surface area contributed by atoms with Crippen molar-refractivity contribution in [2.24, 2.45) is 5.92 Å². The topological polar surface area (TPSA) is 74.5 Å². The molecule has 6 heteroatoms. The summed E-state index contributed by atoms with van der Waals surface area (Å²) < 4.78 is 18.0. The van der Waals surface area contributed by atoms with E-state index in [1.165, 1.54) is 7.11 Å². The largest absolute Gasteiger partial charge is 0.478 e. The molecule has 0 saturated heterocycles. The Hall–Kier alpha value is -3.46. The fourth-order valence-corrected chi connectivity index (χ4v) is 2.51. The van der Waals surface area contributed by atoms with Crippen molar-refractivity contribution in [2.75, 3.05) is 7.11 Å². The molecule has 0 aliphatic heterocycles. The molecule has 132 valence electrons. The Balaban J connectivity index is 1.69. The quantitative estimate of drug-likeness (QED) is 0.358. The number of methoxy groups -OCH3 is 1. The van der Waals surface area contributed by atoms with Gasteiger partial charge in [0.2, 0.25) is 0 Å². The van der Waals surface area contributed by atoms with Gasteiger partial charge in [-0.25, -0.2) is 14.5 Å². The molecule has 2 aromatic rings. The number of aromatic nitrogens is 1. The van der Waals surface area contributed by atoms with Crippen LogP contribution in [0.1, 0.15) is 29.1 Å². The molecule has 0 saturated carbocycles. The number of oxazole rings is 1. The zero-order valence-electron chi connectivity index (χ0n) is 14.5. The van der Waals surface area contributed by atoms with Crippen molar-refractivity contribution < 1.29 is 23.3 Å². The van der Waals surface area contributed by atoms with Crippen molar-refractivity contribution in [1.29, 1.82) is 5.26 Å². The van der Waals surface area contributed by atoms with E-state index in [-0.39, 0.29) is 12.0 Å². The van der Waals surface area contributed by atoms with E-state index >= 15 is 0 Å². The van der Waals surface area contributed by atoms with Crippen LogP contribution in [0.4, 0.5) is 0 Å². The maximum atomic E-state index is 11.6. The van der Waals surface area contributed by atoms with Gasteiger partial charge in [0.1, 0.15) is 5.75 Å². The van der Waals surface area contributed by atoms with Gasteiger partial charge in [-0.3, -0.25) is 4.57 Å². The predicted octanol–water partition coefficient (Wildman–Crippen LogP) is 3.14. The van der Waals surface area contributed by atoms with Crippen LogP contribution in [0, 0.1) is 23.3 Å². The van der Waals surface area contributed by atoms with E-state index in [9.17, 15) is 4.79 Å². The second-order valence-corrected chi connectivity index (χ2v) is 5.74. The third kappa shape index (κ3) is 3.78. The van der Waals surface area contributed by atoms with Crippen LogP contribution < -0.4 is 9.30 Å². The summed E-state index contributed by atoms with van der Waals surface area (Å²) in [6.45, 7) is 1.86. The van der Waals surface area contributed by atoms with E-state index in [0.717, 1.165) is 6.04 Å². The van der Waals surface area contributed by atoms with Crippen molar-refractivity contribution in [3.63, 3.8) is 0 Å². The Kier molecular flexibility index (Phi) is 5.09. The van der Waals surface area contributed by atoms with Crippen LogP contribution in [0.2, 0.25) is 0 Å². The Morgan fingerprint density at radius 1 is 1.42 bits per heavy atom. The van der Waals surface area contributed by atoms with Crippen molar-refractivity contribution in [2.45, 2.75) is 13.0 Å². The van der Waals surface area contributed by atoms with Gasteiger partial charge in [0.05, 0.1) is 18.7 Å². The first kappa shape index (κ1) is 17.4. The minimum atomic E-state index is -0.415. The summed E-state index contributed by atoms with van der Waals surface area (Å²) in [6, 6.07) is 9.86. The fraction of sp³-hybridized carbons (Fsp3) is 0.200. The number of nitrogens with zero attached hydrogens (tertiary/aromatic N) is 2. The monoisotopic (exact) mass is 350 g/mol. The van der Waals surface area contributed by atoms with Gasteiger partial charge < -0.3 is 9.47 Å². The molecular formula is C20H18N2O4. The summed E-state index contributed by atoms with van der Waals surface area (Å²) in [6.07, 6.45) is 10.5. The van der Waals surface area contributed by atoms with Crippen LogP contribution >= 0.6 is 0 Å². The maximum Gasteiger partial charge on any atom is 0.435 e. The van der Waals surface area contributed by atoms with E-state index in [1.54, 1.807) is 30.7 Å². The number of carbonyl (C=O) groups is 1. The second-order valence-electron chi connectivity index (χ2n) is 5.74. The summed E-state index contributed by atoms with van der Waals surface area (Å²) in [5, 5.41) is 8.90. The van der Waals surface area contributed by atoms with Crippen LogP contribution in [0.3, 0.4) is 0 Å². The van der Waals surface area contributed by atoms with Crippen LogP contribution in [0.15, 0.2) is 65.6 Å². The SMILES string of the molecule is COC(=O)c1cccc(OC(C)c2c[n+]([C-]3C=CC(C#N)C=C3)[cH-][o+]2)c1. The van der Waals surface area contributed by atoms with Crippen LogP contribution in [0.25, 0.3) is 0 Å². The van der Waals surface area contributed by atoms with E-state index in [2.05, 4.69) is 6.07 Å². The Morgan fingerprint density at radius 2 is 2.19 bits per heavy atom. The highest BCUT2D eigenvalue weighted by Crippen LogP contribution is 2.23. The molecule has 1 atom stereocenters. The molecule has 1 aromatic heterocycles. The minimum Gasteiger partial charge on any atom is -0.478 e. The van der Waals surface area contributed by atoms with E-state index in [0.29, 0.717) is 17.1 Å². The molecule has 1 aromatic carbocycles. The molecule has 1 heterocycles. The molecule has 0 N–H and O–H groups in total. The van der Waals surface area contributed by atoms with Crippen molar-refractivity contribution in [1.82, 2.24) is 0 Å². The first-order chi connectivity index (χ1) is 12.6. The number of allylic oxidation sites excluding steroid dienone is 4.